The number of piperazine rings is 1. The monoisotopic (exact) mass is 390 g/mol. The number of nitrogens with one attached hydrogen (secondary N) is 2. The first kappa shape index (κ1) is 20.1. The third kappa shape index (κ3) is 4.59. The second kappa shape index (κ2) is 9.01. The number of hydrogen-bond acceptors (Lipinski definition) is 3. The number of quaternary nitrogens is 1. The van der Waals surface area contributed by atoms with E-state index in [2.05, 4.69) is 10.2 Å². The summed E-state index contributed by atoms with van der Waals surface area (Å²) in [5, 5.41) is 2.51. The highest BCUT2D eigenvalue weighted by Gasteiger charge is 2.30. The van der Waals surface area contributed by atoms with Gasteiger partial charge >= 0.3 is 0 Å². The van der Waals surface area contributed by atoms with E-state index < -0.39 is 11.6 Å². The number of amides is 1. The molecule has 0 aromatic heterocycles. The molecule has 0 spiro atoms. The smallest absolute Gasteiger partial charge is 0.282 e. The van der Waals surface area contributed by atoms with Gasteiger partial charge in [0.15, 0.2) is 6.04 Å². The van der Waals surface area contributed by atoms with Gasteiger partial charge in [-0.15, -0.1) is 0 Å². The molecule has 0 radical (unpaired) electrons. The molecule has 0 aliphatic carbocycles. The van der Waals surface area contributed by atoms with Crippen molar-refractivity contribution in [2.75, 3.05) is 43.0 Å². The highest BCUT2D eigenvalue weighted by molar-refractivity contribution is 5.93. The number of halogens is 2. The summed E-state index contributed by atoms with van der Waals surface area (Å²) < 4.78 is 32.8. The van der Waals surface area contributed by atoms with E-state index in [4.69, 9.17) is 4.74 Å². The summed E-state index contributed by atoms with van der Waals surface area (Å²) in [6, 6.07) is 10.6. The van der Waals surface area contributed by atoms with Gasteiger partial charge in [0, 0.05) is 6.07 Å². The van der Waals surface area contributed by atoms with E-state index >= 15 is 0 Å². The van der Waals surface area contributed by atoms with E-state index in [9.17, 15) is 13.6 Å². The SMILES string of the molecule is CCOc1ccccc1N1CC[NH+]([C@H](C)C(=O)Nc2cc(F)ccc2F)CC1. The van der Waals surface area contributed by atoms with Crippen LogP contribution in [0, 0.1) is 11.6 Å². The zero-order valence-electron chi connectivity index (χ0n) is 16.2. The molecule has 7 heteroatoms. The van der Waals surface area contributed by atoms with Crippen LogP contribution in [0.2, 0.25) is 0 Å². The molecule has 0 unspecified atom stereocenters. The Hall–Kier alpha value is -2.67. The maximum absolute atomic E-state index is 13.8. The van der Waals surface area contributed by atoms with Crippen molar-refractivity contribution >= 4 is 17.3 Å². The fourth-order valence-electron chi connectivity index (χ4n) is 3.48. The molecule has 28 heavy (non-hydrogen) atoms. The quantitative estimate of drug-likeness (QED) is 0.794. The van der Waals surface area contributed by atoms with E-state index in [-0.39, 0.29) is 17.6 Å². The van der Waals surface area contributed by atoms with Gasteiger partial charge in [0.05, 0.1) is 44.2 Å². The molecule has 1 fully saturated rings. The maximum atomic E-state index is 13.8. The van der Waals surface area contributed by atoms with Crippen LogP contribution in [0.15, 0.2) is 42.5 Å². The minimum Gasteiger partial charge on any atom is -0.492 e. The number of carbonyl (C=O) groups excluding carboxylic acids is 1. The summed E-state index contributed by atoms with van der Waals surface area (Å²) in [6.45, 7) is 7.47. The molecule has 2 N–H and O–H groups in total. The zero-order valence-corrected chi connectivity index (χ0v) is 16.2. The molecule has 2 aromatic rings. The van der Waals surface area contributed by atoms with Crippen LogP contribution in [0.1, 0.15) is 13.8 Å². The van der Waals surface area contributed by atoms with Crippen LogP contribution in [0.5, 0.6) is 5.75 Å². The molecule has 150 valence electrons. The van der Waals surface area contributed by atoms with Crippen LogP contribution < -0.4 is 19.9 Å². The molecule has 5 nitrogen and oxygen atoms in total. The third-order valence-corrected chi connectivity index (χ3v) is 5.10. The average Bonchev–Trinajstić information content (AvgIpc) is 2.71. The fraction of sp³-hybridized carbons (Fsp3) is 0.381. The Morgan fingerprint density at radius 3 is 2.64 bits per heavy atom. The van der Waals surface area contributed by atoms with Gasteiger partial charge in [0.1, 0.15) is 17.4 Å². The van der Waals surface area contributed by atoms with E-state index in [1.807, 2.05) is 38.1 Å². The highest BCUT2D eigenvalue weighted by atomic mass is 19.1. The topological polar surface area (TPSA) is 46.0 Å². The number of carbonyl (C=O) groups is 1. The summed E-state index contributed by atoms with van der Waals surface area (Å²) in [5.74, 6) is -0.684. The van der Waals surface area contributed by atoms with Gasteiger partial charge in [-0.3, -0.25) is 4.79 Å². The molecule has 1 amide bonds. The second-order valence-electron chi connectivity index (χ2n) is 6.88. The van der Waals surface area contributed by atoms with Gasteiger partial charge in [0.2, 0.25) is 0 Å². The molecule has 0 saturated carbocycles. The van der Waals surface area contributed by atoms with E-state index in [1.165, 1.54) is 0 Å². The molecule has 1 aliphatic rings. The Labute approximate surface area is 163 Å². The lowest BCUT2D eigenvalue weighted by Crippen LogP contribution is -3.19. The predicted octanol–water partition coefficient (Wildman–Crippen LogP) is 2.10. The minimum absolute atomic E-state index is 0.125. The minimum atomic E-state index is -0.644. The third-order valence-electron chi connectivity index (χ3n) is 5.10. The summed E-state index contributed by atoms with van der Waals surface area (Å²) in [4.78, 5) is 15.9. The Bertz CT molecular complexity index is 823. The van der Waals surface area contributed by atoms with Crippen LogP contribution in [0.3, 0.4) is 0 Å². The number of benzene rings is 2. The van der Waals surface area contributed by atoms with Crippen molar-refractivity contribution < 1.29 is 23.2 Å². The zero-order chi connectivity index (χ0) is 20.1. The highest BCUT2D eigenvalue weighted by Crippen LogP contribution is 2.27. The van der Waals surface area contributed by atoms with Gasteiger partial charge in [-0.05, 0) is 38.1 Å². The Morgan fingerprint density at radius 1 is 1.21 bits per heavy atom. The maximum Gasteiger partial charge on any atom is 0.282 e. The molecular weight excluding hydrogens is 364 g/mol. The normalized spacial score (nSPS) is 15.9. The number of nitrogens with zero attached hydrogens (tertiary/aromatic N) is 1. The number of ether oxygens (including phenoxy) is 1. The first-order valence-corrected chi connectivity index (χ1v) is 9.57. The van der Waals surface area contributed by atoms with Gasteiger partial charge in [-0.1, -0.05) is 12.1 Å². The summed E-state index contributed by atoms with van der Waals surface area (Å²) in [5.41, 5.74) is 0.933. The lowest BCUT2D eigenvalue weighted by atomic mass is 10.2. The van der Waals surface area contributed by atoms with Crippen molar-refractivity contribution in [3.8, 4) is 5.75 Å². The standard InChI is InChI=1S/C21H25F2N3O2/c1-3-28-20-7-5-4-6-19(20)26-12-10-25(11-13-26)15(2)21(27)24-18-14-16(22)8-9-17(18)23/h4-9,14-15H,3,10-13H2,1-2H3,(H,24,27)/p+1/t15-/m1/s1. The second-order valence-corrected chi connectivity index (χ2v) is 6.88. The van der Waals surface area contributed by atoms with Crippen molar-refractivity contribution in [2.24, 2.45) is 0 Å². The number of anilines is 2. The van der Waals surface area contributed by atoms with Crippen LogP contribution in [-0.4, -0.2) is 44.7 Å². The number of para-hydroxylation sites is 2. The van der Waals surface area contributed by atoms with Gasteiger partial charge < -0.3 is 19.9 Å². The van der Waals surface area contributed by atoms with Crippen LogP contribution >= 0.6 is 0 Å². The lowest BCUT2D eigenvalue weighted by Gasteiger charge is -2.36. The van der Waals surface area contributed by atoms with Crippen molar-refractivity contribution in [3.05, 3.63) is 54.1 Å². The number of rotatable bonds is 6. The molecule has 3 rings (SSSR count). The van der Waals surface area contributed by atoms with E-state index in [0.29, 0.717) is 6.61 Å². The van der Waals surface area contributed by atoms with Crippen LogP contribution in [-0.2, 0) is 4.79 Å². The number of hydrogen-bond donors (Lipinski definition) is 2. The Balaban J connectivity index is 1.60. The average molecular weight is 390 g/mol. The molecule has 1 atom stereocenters. The van der Waals surface area contributed by atoms with Gasteiger partial charge in [-0.2, -0.15) is 0 Å². The van der Waals surface area contributed by atoms with Crippen molar-refractivity contribution in [1.29, 1.82) is 0 Å². The van der Waals surface area contributed by atoms with Gasteiger partial charge in [0.25, 0.3) is 5.91 Å². The lowest BCUT2D eigenvalue weighted by molar-refractivity contribution is -0.914. The van der Waals surface area contributed by atoms with Crippen LogP contribution in [0.4, 0.5) is 20.2 Å². The molecule has 0 bridgehead atoms. The molecule has 2 aromatic carbocycles. The molecular formula is C21H26F2N3O2+. The predicted molar refractivity (Wildman–Crippen MR) is 105 cm³/mol. The first-order valence-electron chi connectivity index (χ1n) is 9.57. The Morgan fingerprint density at radius 2 is 1.93 bits per heavy atom. The molecule has 1 saturated heterocycles. The first-order chi connectivity index (χ1) is 13.5. The summed E-state index contributed by atoms with van der Waals surface area (Å²) in [7, 11) is 0. The summed E-state index contributed by atoms with van der Waals surface area (Å²) >= 11 is 0. The van der Waals surface area contributed by atoms with Gasteiger partial charge in [-0.25, -0.2) is 8.78 Å². The molecule has 1 aliphatic heterocycles. The van der Waals surface area contributed by atoms with Crippen molar-refractivity contribution in [1.82, 2.24) is 0 Å². The van der Waals surface area contributed by atoms with Crippen LogP contribution in [0.25, 0.3) is 0 Å². The largest absolute Gasteiger partial charge is 0.492 e. The van der Waals surface area contributed by atoms with Crippen molar-refractivity contribution in [2.45, 2.75) is 19.9 Å². The molecule has 1 heterocycles. The van der Waals surface area contributed by atoms with Crippen molar-refractivity contribution in [3.63, 3.8) is 0 Å². The Kier molecular flexibility index (Phi) is 6.46. The van der Waals surface area contributed by atoms with E-state index in [0.717, 1.165) is 60.7 Å². The summed E-state index contributed by atoms with van der Waals surface area (Å²) in [6.07, 6.45) is 0. The fourth-order valence-corrected chi connectivity index (χ4v) is 3.48. The van der Waals surface area contributed by atoms with E-state index in [1.54, 1.807) is 0 Å².